The molecule has 3 aliphatic rings. The Hall–Kier alpha value is -1.92. The number of nitrogens with zero attached hydrogens (tertiary/aromatic N) is 2. The fourth-order valence-electron chi connectivity index (χ4n) is 4.59. The Morgan fingerprint density at radius 2 is 1.81 bits per heavy atom. The largest absolute Gasteiger partial charge is 0.443 e. The first kappa shape index (κ1) is 18.4. The standard InChI is InChI=1S/C21H28N2O4/c1-20(2,3)26-19(25)22-18(24)16-14-17(15-10-6-4-7-11-15)27-23(16)21(22)12-8-5-9-13-21/h4,6-7,10-11,16-17H,5,8-9,12-14H2,1-3H3/t16-,17-/m1/s1. The molecule has 6 nitrogen and oxygen atoms in total. The number of hydrogen-bond donors (Lipinski definition) is 0. The second-order valence-corrected chi connectivity index (χ2v) is 8.78. The molecule has 1 spiro atoms. The molecule has 0 bridgehead atoms. The lowest BCUT2D eigenvalue weighted by Gasteiger charge is -2.44. The normalized spacial score (nSPS) is 27.8. The number of rotatable bonds is 1. The molecule has 0 aromatic heterocycles. The van der Waals surface area contributed by atoms with Crippen LogP contribution in [0.3, 0.4) is 0 Å². The van der Waals surface area contributed by atoms with Gasteiger partial charge in [-0.25, -0.2) is 9.69 Å². The summed E-state index contributed by atoms with van der Waals surface area (Å²) >= 11 is 0. The lowest BCUT2D eigenvalue weighted by atomic mass is 9.88. The Labute approximate surface area is 160 Å². The van der Waals surface area contributed by atoms with Crippen molar-refractivity contribution in [1.29, 1.82) is 0 Å². The van der Waals surface area contributed by atoms with Crippen molar-refractivity contribution >= 4 is 12.0 Å². The van der Waals surface area contributed by atoms with E-state index in [0.717, 1.165) is 37.7 Å². The van der Waals surface area contributed by atoms with Crippen LogP contribution >= 0.6 is 0 Å². The lowest BCUT2D eigenvalue weighted by Crippen LogP contribution is -2.57. The first-order valence-corrected chi connectivity index (χ1v) is 9.90. The van der Waals surface area contributed by atoms with Crippen molar-refractivity contribution in [3.8, 4) is 0 Å². The van der Waals surface area contributed by atoms with Gasteiger partial charge in [0, 0.05) is 6.42 Å². The molecule has 1 aromatic carbocycles. The van der Waals surface area contributed by atoms with Gasteiger partial charge in [0.15, 0.2) is 0 Å². The van der Waals surface area contributed by atoms with Crippen molar-refractivity contribution in [1.82, 2.24) is 9.96 Å². The molecule has 0 N–H and O–H groups in total. The first-order chi connectivity index (χ1) is 12.8. The molecule has 0 unspecified atom stereocenters. The first-order valence-electron chi connectivity index (χ1n) is 9.90. The Morgan fingerprint density at radius 3 is 2.44 bits per heavy atom. The fourth-order valence-corrected chi connectivity index (χ4v) is 4.59. The van der Waals surface area contributed by atoms with Crippen molar-refractivity contribution < 1.29 is 19.2 Å². The van der Waals surface area contributed by atoms with Crippen LogP contribution in [0.4, 0.5) is 4.79 Å². The summed E-state index contributed by atoms with van der Waals surface area (Å²) in [5.41, 5.74) is -0.297. The predicted molar refractivity (Wildman–Crippen MR) is 99.4 cm³/mol. The number of hydrogen-bond acceptors (Lipinski definition) is 5. The number of hydroxylamine groups is 2. The zero-order chi connectivity index (χ0) is 19.2. The van der Waals surface area contributed by atoms with Crippen molar-refractivity contribution in [3.05, 3.63) is 35.9 Å². The number of imide groups is 1. The Kier molecular flexibility index (Phi) is 4.51. The summed E-state index contributed by atoms with van der Waals surface area (Å²) in [4.78, 5) is 33.9. The van der Waals surface area contributed by atoms with Crippen LogP contribution in [-0.2, 0) is 14.4 Å². The van der Waals surface area contributed by atoms with E-state index in [2.05, 4.69) is 0 Å². The van der Waals surface area contributed by atoms with Crippen LogP contribution in [0.1, 0.15) is 71.0 Å². The van der Waals surface area contributed by atoms with Gasteiger partial charge in [0.05, 0.1) is 0 Å². The number of carbonyl (C=O) groups is 2. The smallest absolute Gasteiger partial charge is 0.418 e. The number of benzene rings is 1. The molecule has 1 aromatic rings. The van der Waals surface area contributed by atoms with E-state index in [1.54, 1.807) is 0 Å². The molecule has 3 fully saturated rings. The van der Waals surface area contributed by atoms with Gasteiger partial charge in [0.1, 0.15) is 23.4 Å². The minimum absolute atomic E-state index is 0.153. The minimum Gasteiger partial charge on any atom is -0.443 e. The summed E-state index contributed by atoms with van der Waals surface area (Å²) in [5, 5.41) is 1.83. The summed E-state index contributed by atoms with van der Waals surface area (Å²) in [6, 6.07) is 9.55. The monoisotopic (exact) mass is 372 g/mol. The molecular formula is C21H28N2O4. The van der Waals surface area contributed by atoms with Crippen LogP contribution in [-0.4, -0.2) is 39.3 Å². The average Bonchev–Trinajstić information content (AvgIpc) is 3.15. The van der Waals surface area contributed by atoms with Gasteiger partial charge in [0.25, 0.3) is 5.91 Å². The van der Waals surface area contributed by atoms with Crippen molar-refractivity contribution in [2.75, 3.05) is 0 Å². The molecule has 1 aliphatic carbocycles. The van der Waals surface area contributed by atoms with E-state index in [4.69, 9.17) is 9.57 Å². The minimum atomic E-state index is -0.716. The molecule has 2 heterocycles. The van der Waals surface area contributed by atoms with Crippen molar-refractivity contribution in [2.24, 2.45) is 0 Å². The lowest BCUT2D eigenvalue weighted by molar-refractivity contribution is -0.239. The van der Waals surface area contributed by atoms with Gasteiger partial charge in [-0.1, -0.05) is 36.8 Å². The zero-order valence-corrected chi connectivity index (χ0v) is 16.3. The Bertz CT molecular complexity index is 721. The van der Waals surface area contributed by atoms with Gasteiger partial charge in [0.2, 0.25) is 0 Å². The number of ether oxygens (including phenoxy) is 1. The van der Waals surface area contributed by atoms with Crippen molar-refractivity contribution in [2.45, 2.75) is 82.7 Å². The van der Waals surface area contributed by atoms with E-state index in [9.17, 15) is 9.59 Å². The predicted octanol–water partition coefficient (Wildman–Crippen LogP) is 4.17. The van der Waals surface area contributed by atoms with Crippen LogP contribution in [0.5, 0.6) is 0 Å². The average molecular weight is 372 g/mol. The number of fused-ring (bicyclic) bond motifs is 2. The topological polar surface area (TPSA) is 59.1 Å². The highest BCUT2D eigenvalue weighted by atomic mass is 16.7. The SMILES string of the molecule is CC(C)(C)OC(=O)N1C(=O)[C@H]2C[C@H](c3ccccc3)ON2C12CCCCC2. The highest BCUT2D eigenvalue weighted by molar-refractivity contribution is 5.98. The van der Waals surface area contributed by atoms with Gasteiger partial charge >= 0.3 is 6.09 Å². The molecule has 2 saturated heterocycles. The highest BCUT2D eigenvalue weighted by Gasteiger charge is 2.64. The summed E-state index contributed by atoms with van der Waals surface area (Å²) in [6.45, 7) is 5.46. The van der Waals surface area contributed by atoms with Crippen LogP contribution in [0.15, 0.2) is 30.3 Å². The second-order valence-electron chi connectivity index (χ2n) is 8.78. The van der Waals surface area contributed by atoms with Crippen LogP contribution < -0.4 is 0 Å². The van der Waals surface area contributed by atoms with Gasteiger partial charge in [-0.15, -0.1) is 5.06 Å². The van der Waals surface area contributed by atoms with Gasteiger partial charge in [-0.2, -0.15) is 0 Å². The molecule has 146 valence electrons. The van der Waals surface area contributed by atoms with Gasteiger partial charge < -0.3 is 4.74 Å². The second kappa shape index (κ2) is 6.60. The molecular weight excluding hydrogens is 344 g/mol. The molecule has 2 amide bonds. The van der Waals surface area contributed by atoms with E-state index in [1.807, 2.05) is 56.2 Å². The van der Waals surface area contributed by atoms with Crippen LogP contribution in [0.25, 0.3) is 0 Å². The van der Waals surface area contributed by atoms with E-state index in [0.29, 0.717) is 6.42 Å². The third kappa shape index (κ3) is 3.15. The molecule has 1 saturated carbocycles. The summed E-state index contributed by atoms with van der Waals surface area (Å²) in [6.07, 6.45) is 4.36. The quantitative estimate of drug-likeness (QED) is 0.740. The third-order valence-corrected chi connectivity index (χ3v) is 5.69. The molecule has 6 heteroatoms. The summed E-state index contributed by atoms with van der Waals surface area (Å²) < 4.78 is 5.58. The zero-order valence-electron chi connectivity index (χ0n) is 16.3. The van der Waals surface area contributed by atoms with E-state index < -0.39 is 23.4 Å². The fraction of sp³-hybridized carbons (Fsp3) is 0.619. The van der Waals surface area contributed by atoms with Gasteiger partial charge in [-0.05, 0) is 52.0 Å². The maximum absolute atomic E-state index is 13.3. The summed E-state index contributed by atoms with van der Waals surface area (Å²) in [7, 11) is 0. The molecule has 2 atom stereocenters. The molecule has 0 radical (unpaired) electrons. The van der Waals surface area contributed by atoms with E-state index in [-0.39, 0.29) is 12.0 Å². The Balaban J connectivity index is 1.65. The number of carbonyl (C=O) groups excluding carboxylic acids is 2. The molecule has 27 heavy (non-hydrogen) atoms. The van der Waals surface area contributed by atoms with Crippen molar-refractivity contribution in [3.63, 3.8) is 0 Å². The third-order valence-electron chi connectivity index (χ3n) is 5.69. The van der Waals surface area contributed by atoms with Crippen LogP contribution in [0.2, 0.25) is 0 Å². The molecule has 4 rings (SSSR count). The summed E-state index contributed by atoms with van der Waals surface area (Å²) in [5.74, 6) is -0.190. The van der Waals surface area contributed by atoms with Crippen LogP contribution in [0, 0.1) is 0 Å². The van der Waals surface area contributed by atoms with E-state index >= 15 is 0 Å². The maximum Gasteiger partial charge on any atom is 0.418 e. The Morgan fingerprint density at radius 1 is 1.15 bits per heavy atom. The molecule has 2 aliphatic heterocycles. The van der Waals surface area contributed by atoms with E-state index in [1.165, 1.54) is 4.90 Å². The highest BCUT2D eigenvalue weighted by Crippen LogP contribution is 2.50. The number of amides is 2. The van der Waals surface area contributed by atoms with Gasteiger partial charge in [-0.3, -0.25) is 9.63 Å². The maximum atomic E-state index is 13.3.